The molecule has 0 radical (unpaired) electrons. The highest BCUT2D eigenvalue weighted by Crippen LogP contribution is 2.23. The number of hydrogen-bond acceptors (Lipinski definition) is 3. The molecule has 0 N–H and O–H groups in total. The number of carbonyl (C=O) groups excluding carboxylic acids is 1. The molecule has 120 valence electrons. The zero-order chi connectivity index (χ0) is 16.9. The fourth-order valence-corrected chi connectivity index (χ4v) is 3.69. The van der Waals surface area contributed by atoms with E-state index in [1.165, 1.54) is 0 Å². The van der Waals surface area contributed by atoms with Crippen molar-refractivity contribution in [3.8, 4) is 0 Å². The van der Waals surface area contributed by atoms with E-state index >= 15 is 0 Å². The van der Waals surface area contributed by atoms with E-state index < -0.39 is 8.24 Å². The molecule has 0 bridgehead atoms. The zero-order valence-electron chi connectivity index (χ0n) is 14.3. The van der Waals surface area contributed by atoms with Gasteiger partial charge in [-0.25, -0.2) is 0 Å². The second-order valence-corrected chi connectivity index (χ2v) is 11.4. The molecule has 0 saturated heterocycles. The first-order valence-electron chi connectivity index (χ1n) is 7.85. The summed E-state index contributed by atoms with van der Waals surface area (Å²) in [5, 5.41) is 4.92. The van der Waals surface area contributed by atoms with E-state index in [-0.39, 0.29) is 5.78 Å². The van der Waals surface area contributed by atoms with Gasteiger partial charge in [-0.15, -0.1) is 0 Å². The van der Waals surface area contributed by atoms with Crippen molar-refractivity contribution < 1.29 is 4.79 Å². The van der Waals surface area contributed by atoms with Crippen LogP contribution >= 0.6 is 0 Å². The summed E-state index contributed by atoms with van der Waals surface area (Å²) < 4.78 is 2.12. The van der Waals surface area contributed by atoms with E-state index in [1.807, 2.05) is 48.5 Å². The molecule has 0 aliphatic carbocycles. The highest BCUT2D eigenvalue weighted by molar-refractivity contribution is 6.79. The highest BCUT2D eigenvalue weighted by atomic mass is 28.3. The SMILES string of the molecule is CC(=O)CC(=NN(c1ccccc1)[Si](C)(C)C)c1ccccc1. The fourth-order valence-electron chi connectivity index (χ4n) is 2.35. The molecule has 2 aromatic rings. The average molecular weight is 325 g/mol. The largest absolute Gasteiger partial charge is 0.300 e. The van der Waals surface area contributed by atoms with Crippen LogP contribution in [0, 0.1) is 0 Å². The first kappa shape index (κ1) is 17.2. The Labute approximate surface area is 139 Å². The Morgan fingerprint density at radius 2 is 1.48 bits per heavy atom. The monoisotopic (exact) mass is 324 g/mol. The van der Waals surface area contributed by atoms with Crippen LogP contribution in [0.25, 0.3) is 0 Å². The van der Waals surface area contributed by atoms with Crippen LogP contribution < -0.4 is 4.67 Å². The van der Waals surface area contributed by atoms with Crippen molar-refractivity contribution in [2.24, 2.45) is 5.10 Å². The molecule has 0 atom stereocenters. The summed E-state index contributed by atoms with van der Waals surface area (Å²) in [5.41, 5.74) is 2.90. The third-order valence-electron chi connectivity index (χ3n) is 3.38. The van der Waals surface area contributed by atoms with Gasteiger partial charge in [0.1, 0.15) is 5.78 Å². The number of carbonyl (C=O) groups is 1. The number of hydrogen-bond donors (Lipinski definition) is 0. The normalized spacial score (nSPS) is 12.1. The van der Waals surface area contributed by atoms with Gasteiger partial charge in [0, 0.05) is 5.69 Å². The summed E-state index contributed by atoms with van der Waals surface area (Å²) in [6.45, 7) is 8.36. The third kappa shape index (κ3) is 4.89. The lowest BCUT2D eigenvalue weighted by Gasteiger charge is -2.32. The second kappa shape index (κ2) is 7.37. The van der Waals surface area contributed by atoms with Gasteiger partial charge < -0.3 is 0 Å². The first-order chi connectivity index (χ1) is 10.9. The van der Waals surface area contributed by atoms with Crippen LogP contribution in [-0.4, -0.2) is 19.7 Å². The Bertz CT molecular complexity index is 676. The number of benzene rings is 2. The van der Waals surface area contributed by atoms with Crippen molar-refractivity contribution >= 4 is 25.4 Å². The van der Waals surface area contributed by atoms with E-state index in [0.717, 1.165) is 17.0 Å². The van der Waals surface area contributed by atoms with Crippen LogP contribution in [0.3, 0.4) is 0 Å². The molecule has 2 aromatic carbocycles. The lowest BCUT2D eigenvalue weighted by molar-refractivity contribution is -0.115. The van der Waals surface area contributed by atoms with Gasteiger partial charge >= 0.3 is 0 Å². The van der Waals surface area contributed by atoms with Crippen molar-refractivity contribution in [3.05, 3.63) is 66.2 Å². The summed E-state index contributed by atoms with van der Waals surface area (Å²) in [5.74, 6) is 0.121. The number of rotatable bonds is 6. The third-order valence-corrected chi connectivity index (χ3v) is 5.01. The van der Waals surface area contributed by atoms with E-state index in [0.29, 0.717) is 6.42 Å². The van der Waals surface area contributed by atoms with Gasteiger partial charge in [-0.3, -0.25) is 9.47 Å². The van der Waals surface area contributed by atoms with E-state index in [4.69, 9.17) is 5.10 Å². The summed E-state index contributed by atoms with van der Waals surface area (Å²) in [4.78, 5) is 11.7. The zero-order valence-corrected chi connectivity index (χ0v) is 15.3. The van der Waals surface area contributed by atoms with Crippen LogP contribution in [0.5, 0.6) is 0 Å². The van der Waals surface area contributed by atoms with Crippen molar-refractivity contribution in [2.45, 2.75) is 33.0 Å². The molecule has 0 aromatic heterocycles. The number of para-hydroxylation sites is 1. The molecule has 0 fully saturated rings. The Kier molecular flexibility index (Phi) is 5.50. The molecule has 0 saturated carbocycles. The van der Waals surface area contributed by atoms with Gasteiger partial charge in [0.25, 0.3) is 0 Å². The van der Waals surface area contributed by atoms with Crippen LogP contribution in [0.15, 0.2) is 65.8 Å². The van der Waals surface area contributed by atoms with Crippen LogP contribution in [0.4, 0.5) is 5.69 Å². The average Bonchev–Trinajstić information content (AvgIpc) is 2.51. The van der Waals surface area contributed by atoms with Gasteiger partial charge in [0.05, 0.1) is 12.1 Å². The molecule has 23 heavy (non-hydrogen) atoms. The minimum absolute atomic E-state index is 0.121. The molecule has 0 unspecified atom stereocenters. The van der Waals surface area contributed by atoms with Crippen LogP contribution in [0.1, 0.15) is 18.9 Å². The molecule has 0 amide bonds. The molecule has 0 aliphatic heterocycles. The van der Waals surface area contributed by atoms with E-state index in [2.05, 4.69) is 36.4 Å². The Hall–Kier alpha value is -2.20. The minimum Gasteiger partial charge on any atom is -0.300 e. The number of nitrogens with zero attached hydrogens (tertiary/aromatic N) is 2. The van der Waals surface area contributed by atoms with Gasteiger partial charge in [0.2, 0.25) is 0 Å². The van der Waals surface area contributed by atoms with Gasteiger partial charge in [-0.05, 0) is 44.3 Å². The summed E-state index contributed by atoms with van der Waals surface area (Å²) in [6, 6.07) is 20.1. The second-order valence-electron chi connectivity index (χ2n) is 6.61. The minimum atomic E-state index is -1.74. The number of hydrazone groups is 1. The van der Waals surface area contributed by atoms with Gasteiger partial charge in [-0.1, -0.05) is 48.5 Å². The predicted molar refractivity (Wildman–Crippen MR) is 101 cm³/mol. The van der Waals surface area contributed by atoms with Crippen molar-refractivity contribution in [2.75, 3.05) is 4.67 Å². The van der Waals surface area contributed by atoms with Gasteiger partial charge in [0.15, 0.2) is 8.24 Å². The van der Waals surface area contributed by atoms with Crippen LogP contribution in [-0.2, 0) is 4.79 Å². The van der Waals surface area contributed by atoms with Crippen molar-refractivity contribution in [1.82, 2.24) is 0 Å². The first-order valence-corrected chi connectivity index (χ1v) is 11.3. The summed E-state index contributed by atoms with van der Waals surface area (Å²) in [7, 11) is -1.74. The molecular formula is C19H24N2OSi. The molecule has 4 heteroatoms. The topological polar surface area (TPSA) is 32.7 Å². The lowest BCUT2D eigenvalue weighted by Crippen LogP contribution is -2.43. The molecule has 2 rings (SSSR count). The maximum Gasteiger partial charge on any atom is 0.176 e. The Morgan fingerprint density at radius 3 is 1.96 bits per heavy atom. The molecule has 0 spiro atoms. The number of ketones is 1. The Morgan fingerprint density at radius 1 is 0.957 bits per heavy atom. The highest BCUT2D eigenvalue weighted by Gasteiger charge is 2.25. The van der Waals surface area contributed by atoms with Crippen molar-refractivity contribution in [1.29, 1.82) is 0 Å². The summed E-state index contributed by atoms with van der Waals surface area (Å²) >= 11 is 0. The molecule has 0 aliphatic rings. The standard InChI is InChI=1S/C19H24N2OSi/c1-16(22)15-19(17-11-7-5-8-12-17)20-21(23(2,3)4)18-13-9-6-10-14-18/h5-14H,15H2,1-4H3. The lowest BCUT2D eigenvalue weighted by atomic mass is 10.1. The molecule has 3 nitrogen and oxygen atoms in total. The quantitative estimate of drug-likeness (QED) is 0.438. The van der Waals surface area contributed by atoms with E-state index in [9.17, 15) is 4.79 Å². The van der Waals surface area contributed by atoms with Crippen molar-refractivity contribution in [3.63, 3.8) is 0 Å². The van der Waals surface area contributed by atoms with Crippen LogP contribution in [0.2, 0.25) is 19.6 Å². The van der Waals surface area contributed by atoms with E-state index in [1.54, 1.807) is 6.92 Å². The number of Topliss-reactive ketones (excluding diaryl/α,β-unsaturated/α-hetero) is 1. The maximum absolute atomic E-state index is 11.7. The number of anilines is 1. The fraction of sp³-hybridized carbons (Fsp3) is 0.263. The smallest absolute Gasteiger partial charge is 0.176 e. The molecule has 0 heterocycles. The maximum atomic E-state index is 11.7. The van der Waals surface area contributed by atoms with Gasteiger partial charge in [-0.2, -0.15) is 5.10 Å². The molecular weight excluding hydrogens is 300 g/mol. The summed E-state index contributed by atoms with van der Waals surface area (Å²) in [6.07, 6.45) is 0.345. The Balaban J connectivity index is 2.50. The predicted octanol–water partition coefficient (Wildman–Crippen LogP) is 4.71.